The number of nitrogens with zero attached hydrogens (tertiary/aromatic N) is 6. The molecule has 0 aliphatic carbocycles. The van der Waals surface area contributed by atoms with Gasteiger partial charge in [-0.15, -0.1) is 33.6 Å². The number of thioether (sulfide) groups is 2. The Kier molecular flexibility index (Phi) is 19.3. The SMILES string of the molecule is C.COc1c(C)cc2c(c1O)[C@@H]1[C@@H]3[C@@H]4SC[C@]5(NCCc6c5oc5ccc(C)cc65)C(=O)OC[C@@H](c5c6c(c(C)c(C)c54)OCO6)N3[C@@H](C#N)[C@H](C2)N1C.COc1c(C)cc2c(c1O)[C@@H]1[C@@H]3[C@@H]4SC[C@]5(NCCc6c5oc5ccc(C)cc65)C(=O)OC[C@@H](c5c6c(c(C)c(C)c54)OCO6)N3[C@@H](O)[C@H](C2)N1C.O=[N+]([O-])O.[Ag]. The van der Waals surface area contributed by atoms with E-state index in [1.165, 1.54) is 0 Å². The molecule has 2 aromatic heterocycles. The van der Waals surface area contributed by atoms with Crippen LogP contribution in [-0.4, -0.2) is 173 Å². The van der Waals surface area contributed by atoms with Crippen molar-refractivity contribution >= 4 is 57.4 Å². The molecule has 0 saturated carbocycles. The fraction of sp³-hybridized carbons (Fsp3) is 0.476. The second kappa shape index (κ2) is 28.0. The summed E-state index contributed by atoms with van der Waals surface area (Å²) in [5.74, 6) is 5.00. The van der Waals surface area contributed by atoms with E-state index in [4.69, 9.17) is 62.1 Å². The van der Waals surface area contributed by atoms with Gasteiger partial charge >= 0.3 is 11.9 Å². The summed E-state index contributed by atoms with van der Waals surface area (Å²) in [7, 11) is 7.31. The molecule has 14 aliphatic rings. The summed E-state index contributed by atoms with van der Waals surface area (Å²) in [5, 5.41) is 70.0. The fourth-order valence-electron chi connectivity index (χ4n) is 20.9. The Morgan fingerprint density at radius 2 is 1.02 bits per heavy atom. The number of hydrogen-bond acceptors (Lipinski definition) is 26. The smallest absolute Gasteiger partial charge is 0.335 e. The molecular weight excluding hydrogens is 1560 g/mol. The van der Waals surface area contributed by atoms with Gasteiger partial charge in [0.25, 0.3) is 5.09 Å². The summed E-state index contributed by atoms with van der Waals surface area (Å²) < 4.78 is 62.5. The Hall–Kier alpha value is -8.41. The summed E-state index contributed by atoms with van der Waals surface area (Å²) in [6.45, 7) is 17.8. The zero-order valence-electron chi connectivity index (χ0n) is 62.8. The predicted octanol–water partition coefficient (Wildman–Crippen LogP) is 11.1. The summed E-state index contributed by atoms with van der Waals surface area (Å²) >= 11 is 3.35. The first-order chi connectivity index (χ1) is 52.4. The first kappa shape index (κ1) is 76.6. The van der Waals surface area contributed by atoms with Crippen molar-refractivity contribution in [2.75, 3.05) is 79.7 Å². The second-order valence-corrected chi connectivity index (χ2v) is 33.4. The van der Waals surface area contributed by atoms with Gasteiger partial charge in [0.05, 0.1) is 50.5 Å². The maximum absolute atomic E-state index is 14.8. The maximum atomic E-state index is 14.8. The number of esters is 2. The average Bonchev–Trinajstić information content (AvgIpc) is 1.07. The van der Waals surface area contributed by atoms with E-state index in [1.807, 2.05) is 45.2 Å². The molecule has 29 heteroatoms. The number of hydrogen-bond donors (Lipinski definition) is 6. The molecule has 4 saturated heterocycles. The zero-order valence-corrected chi connectivity index (χ0v) is 66.0. The molecule has 16 heterocycles. The quantitative estimate of drug-likeness (QED) is 0.0405. The molecule has 111 heavy (non-hydrogen) atoms. The van der Waals surface area contributed by atoms with Gasteiger partial charge in [-0.1, -0.05) is 42.8 Å². The molecule has 2 spiro atoms. The van der Waals surface area contributed by atoms with Gasteiger partial charge in [0.1, 0.15) is 48.2 Å². The van der Waals surface area contributed by atoms with Crippen molar-refractivity contribution in [1.82, 2.24) is 30.2 Å². The van der Waals surface area contributed by atoms with Gasteiger partial charge in [0.15, 0.2) is 57.1 Å². The van der Waals surface area contributed by atoms with Crippen LogP contribution in [0.4, 0.5) is 0 Å². The number of furan rings is 2. The number of aryl methyl sites for hydroxylation is 4. The van der Waals surface area contributed by atoms with E-state index in [0.29, 0.717) is 83.5 Å². The zero-order chi connectivity index (χ0) is 76.2. The number of carbonyl (C=O) groups is 2. The van der Waals surface area contributed by atoms with Crippen molar-refractivity contribution in [2.45, 2.75) is 171 Å². The molecule has 26 nitrogen and oxygen atoms in total. The largest absolute Gasteiger partial charge is 0.504 e. The number of aromatic hydroxyl groups is 2. The van der Waals surface area contributed by atoms with Crippen LogP contribution in [0.5, 0.6) is 46.0 Å². The first-order valence-corrected chi connectivity index (χ1v) is 39.1. The van der Waals surface area contributed by atoms with Crippen molar-refractivity contribution < 1.29 is 104 Å². The van der Waals surface area contributed by atoms with E-state index in [-0.39, 0.29) is 115 Å². The molecule has 6 aromatic carbocycles. The summed E-state index contributed by atoms with van der Waals surface area (Å²) in [4.78, 5) is 46.8. The molecule has 8 aromatic rings. The predicted molar refractivity (Wildman–Crippen MR) is 408 cm³/mol. The molecular formula is C82H90AgN8O18S2. The normalized spacial score (nSPS) is 28.8. The van der Waals surface area contributed by atoms with Gasteiger partial charge in [0.2, 0.25) is 13.6 Å². The molecule has 14 atom stereocenters. The van der Waals surface area contributed by atoms with Crippen molar-refractivity contribution in [2.24, 2.45) is 0 Å². The number of phenols is 2. The maximum Gasteiger partial charge on any atom is 0.335 e. The Balaban J connectivity index is 0.000000158. The third-order valence-corrected chi connectivity index (χ3v) is 28.8. The Morgan fingerprint density at radius 3 is 1.46 bits per heavy atom. The topological polar surface area (TPSA) is 319 Å². The molecule has 0 unspecified atom stereocenters. The molecule has 0 amide bonds. The summed E-state index contributed by atoms with van der Waals surface area (Å²) in [6.07, 6.45) is 1.67. The number of carbonyl (C=O) groups excluding carboxylic acids is 2. The number of ether oxygens (including phenoxy) is 8. The third kappa shape index (κ3) is 10.9. The number of nitrogens with one attached hydrogen (secondary N) is 2. The fourth-order valence-corrected chi connectivity index (χ4v) is 24.4. The number of benzene rings is 6. The van der Waals surface area contributed by atoms with Crippen molar-refractivity contribution in [3.05, 3.63) is 170 Å². The minimum Gasteiger partial charge on any atom is -0.504 e. The van der Waals surface area contributed by atoms with Gasteiger partial charge in [-0.3, -0.25) is 30.2 Å². The molecule has 6 N–H and O–H groups in total. The van der Waals surface area contributed by atoms with Crippen LogP contribution in [0.15, 0.2) is 57.4 Å². The number of likely N-dealkylation sites (N-methyl/N-ethyl adjacent to an activating group) is 2. The van der Waals surface area contributed by atoms with E-state index in [2.05, 4.69) is 109 Å². The number of aliphatic hydroxyl groups is 1. The van der Waals surface area contributed by atoms with Gasteiger partial charge in [-0.25, -0.2) is 9.59 Å². The van der Waals surface area contributed by atoms with Crippen LogP contribution in [0.25, 0.3) is 21.9 Å². The van der Waals surface area contributed by atoms with Crippen LogP contribution >= 0.6 is 23.5 Å². The van der Waals surface area contributed by atoms with E-state index in [0.717, 1.165) is 135 Å². The number of rotatable bonds is 2. The van der Waals surface area contributed by atoms with Crippen LogP contribution in [0.3, 0.4) is 0 Å². The number of methoxy groups -OCH3 is 2. The molecule has 8 bridgehead atoms. The van der Waals surface area contributed by atoms with Crippen LogP contribution in [0, 0.1) is 76.8 Å². The standard InChI is InChI=1S/C41H42N4O7S.C40H43N3O8S.CH4.Ag.HNO3/c1-18-7-8-28-24(11-18)23-9-10-43-41(39(23)52-28)16-53-38-29-20(3)21(4)36-37(51-17-50-36)31(29)27(15-49-40(41)47)45-26(14-42)25-13-22-12-19(2)35(48-6)34(46)30(22)32(33(38)45)44(25)5;1-17-7-8-26-23(11-17)22-9-10-41-40(37(22)51-26)15-52-36-27-19(3)20(4)34-35(50-16-49-34)29(27)25(14-48-39(40)46)43-31(36)30-28-21(13-24(38(43)45)42(30)5)12-18(2)33(47-6)32(28)44;;;2-1(3)4/h7-8,11-12,25-27,32-33,38,43,46H,9-10,13,15-17H2,1-6H3;7-8,11-12,24-25,30-31,36,38,41,44-45H,9-10,13-16H2,1-6H3;1H4;;(H,2,3,4)/t25-,26-,27-,32+,33+,38+,41+;24-,25-,30+,31+,36+,38-,40+;;;/m00.../s1. The summed E-state index contributed by atoms with van der Waals surface area (Å²) in [5.41, 5.74) is 17.0. The Labute approximate surface area is 665 Å². The van der Waals surface area contributed by atoms with Crippen molar-refractivity contribution in [1.29, 1.82) is 5.26 Å². The molecule has 589 valence electrons. The summed E-state index contributed by atoms with van der Waals surface area (Å²) in [6, 6.07) is 15.9. The minimum atomic E-state index is -1.50. The number of phenolic OH excluding ortho intramolecular Hbond substituents is 2. The van der Waals surface area contributed by atoms with Crippen LogP contribution in [0.2, 0.25) is 0 Å². The Morgan fingerprint density at radius 1 is 0.604 bits per heavy atom. The monoisotopic (exact) mass is 1650 g/mol. The van der Waals surface area contributed by atoms with Crippen molar-refractivity contribution in [3.8, 4) is 52.1 Å². The first-order valence-electron chi connectivity index (χ1n) is 37.0. The van der Waals surface area contributed by atoms with E-state index < -0.39 is 52.5 Å². The van der Waals surface area contributed by atoms with Crippen molar-refractivity contribution in [3.63, 3.8) is 0 Å². The van der Waals surface area contributed by atoms with Crippen LogP contribution in [-0.2, 0) is 78.2 Å². The average molecular weight is 1650 g/mol. The minimum absolute atomic E-state index is 0. The van der Waals surface area contributed by atoms with E-state index in [1.54, 1.807) is 37.7 Å². The van der Waals surface area contributed by atoms with Gasteiger partial charge < -0.3 is 67.3 Å². The van der Waals surface area contributed by atoms with Crippen LogP contribution < -0.4 is 39.1 Å². The van der Waals surface area contributed by atoms with E-state index in [9.17, 15) is 30.2 Å². The number of piperazine rings is 2. The second-order valence-electron chi connectivity index (χ2n) is 31.1. The molecule has 4 fully saturated rings. The molecule has 14 aliphatic heterocycles. The number of nitriles is 1. The molecule has 22 rings (SSSR count). The number of aliphatic hydroxyl groups excluding tert-OH is 1. The van der Waals surface area contributed by atoms with E-state index >= 15 is 0 Å². The van der Waals surface area contributed by atoms with Gasteiger partial charge in [-0.05, 0) is 175 Å². The third-order valence-electron chi connectivity index (χ3n) is 25.9. The van der Waals surface area contributed by atoms with Gasteiger partial charge in [0, 0.05) is 120 Å². The molecule has 1 radical (unpaired) electrons. The van der Waals surface area contributed by atoms with Gasteiger partial charge in [-0.2, -0.15) is 5.26 Å². The van der Waals surface area contributed by atoms with Crippen LogP contribution in [0.1, 0.15) is 154 Å². The Bertz CT molecular complexity index is 5290. The number of fused-ring (bicyclic) bond motifs is 22.